The Morgan fingerprint density at radius 1 is 1.62 bits per heavy atom. The maximum absolute atomic E-state index is 12.3. The van der Waals surface area contributed by atoms with Crippen LogP contribution in [0, 0.1) is 0 Å². The lowest BCUT2D eigenvalue weighted by atomic mass is 10.0. The maximum atomic E-state index is 12.3. The normalized spacial score (nSPS) is 21.2. The lowest BCUT2D eigenvalue weighted by Gasteiger charge is -2.21. The van der Waals surface area contributed by atoms with Gasteiger partial charge in [0.25, 0.3) is 0 Å². The minimum absolute atomic E-state index is 0.0947. The van der Waals surface area contributed by atoms with Crippen LogP contribution in [0.1, 0.15) is 42.7 Å². The quantitative estimate of drug-likeness (QED) is 0.857. The molecule has 2 aliphatic rings. The first-order valence-corrected chi connectivity index (χ1v) is 7.55. The van der Waals surface area contributed by atoms with Crippen LogP contribution in [-0.4, -0.2) is 41.6 Å². The van der Waals surface area contributed by atoms with E-state index < -0.39 is 0 Å². The molecule has 0 bridgehead atoms. The highest BCUT2D eigenvalue weighted by Crippen LogP contribution is 2.33. The molecule has 0 fully saturated rings. The third kappa shape index (κ3) is 2.68. The van der Waals surface area contributed by atoms with E-state index in [1.54, 1.807) is 11.6 Å². The fourth-order valence-corrected chi connectivity index (χ4v) is 2.72. The molecule has 1 N–H and O–H groups in total. The van der Waals surface area contributed by atoms with Gasteiger partial charge < -0.3 is 14.8 Å². The number of hydrogen-bond acceptors (Lipinski definition) is 5. The summed E-state index contributed by atoms with van der Waals surface area (Å²) < 4.78 is 12.9. The Hall–Kier alpha value is -1.82. The number of nitrogens with zero attached hydrogens (tertiary/aromatic N) is 2. The number of rotatable bonds is 3. The molecule has 1 atom stereocenters. The van der Waals surface area contributed by atoms with Crippen molar-refractivity contribution in [1.29, 1.82) is 0 Å². The molecule has 6 heteroatoms. The highest BCUT2D eigenvalue weighted by molar-refractivity contribution is 5.97. The first-order valence-electron chi connectivity index (χ1n) is 7.55. The zero-order chi connectivity index (χ0) is 14.8. The van der Waals surface area contributed by atoms with Crippen LogP contribution in [0.5, 0.6) is 5.88 Å². The Morgan fingerprint density at radius 2 is 2.48 bits per heavy atom. The Balaban J connectivity index is 2.06. The number of carbonyl (C=O) groups is 1. The van der Waals surface area contributed by atoms with Crippen molar-refractivity contribution in [3.05, 3.63) is 17.3 Å². The van der Waals surface area contributed by atoms with Crippen LogP contribution >= 0.6 is 0 Å². The van der Waals surface area contributed by atoms with Crippen molar-refractivity contribution in [2.75, 3.05) is 19.7 Å². The van der Waals surface area contributed by atoms with E-state index in [4.69, 9.17) is 9.47 Å². The second kappa shape index (κ2) is 5.89. The maximum Gasteiger partial charge on any atom is 0.345 e. The highest BCUT2D eigenvalue weighted by atomic mass is 16.5. The number of esters is 1. The molecule has 0 spiro atoms. The van der Waals surface area contributed by atoms with E-state index in [9.17, 15) is 4.79 Å². The third-order valence-corrected chi connectivity index (χ3v) is 3.81. The van der Waals surface area contributed by atoms with Crippen molar-refractivity contribution in [1.82, 2.24) is 15.1 Å². The zero-order valence-electron chi connectivity index (χ0n) is 12.5. The van der Waals surface area contributed by atoms with Gasteiger partial charge in [-0.15, -0.1) is 0 Å². The first kappa shape index (κ1) is 14.1. The Bertz CT molecular complexity index is 577. The lowest BCUT2D eigenvalue weighted by molar-refractivity contribution is 0.0514. The number of aryl methyl sites for hydroxylation is 1. The molecular formula is C15H21N3O3. The number of ether oxygens (including phenoxy) is 2. The molecule has 6 nitrogen and oxygen atoms in total. The predicted molar refractivity (Wildman–Crippen MR) is 78.4 cm³/mol. The number of aromatic nitrogens is 2. The summed E-state index contributed by atoms with van der Waals surface area (Å²) >= 11 is 0. The van der Waals surface area contributed by atoms with Crippen LogP contribution in [0.15, 0.2) is 6.08 Å². The van der Waals surface area contributed by atoms with E-state index in [1.807, 2.05) is 6.92 Å². The van der Waals surface area contributed by atoms with E-state index in [0.717, 1.165) is 43.7 Å². The predicted octanol–water partition coefficient (Wildman–Crippen LogP) is 1.61. The van der Waals surface area contributed by atoms with Crippen LogP contribution in [0.2, 0.25) is 0 Å². The van der Waals surface area contributed by atoms with E-state index in [1.165, 1.54) is 0 Å². The molecule has 0 radical (unpaired) electrons. The van der Waals surface area contributed by atoms with Gasteiger partial charge in [0.15, 0.2) is 0 Å². The third-order valence-electron chi connectivity index (χ3n) is 3.81. The van der Waals surface area contributed by atoms with Gasteiger partial charge in [-0.3, -0.25) is 0 Å². The monoisotopic (exact) mass is 291 g/mol. The molecule has 1 aromatic rings. The van der Waals surface area contributed by atoms with Gasteiger partial charge in [-0.25, -0.2) is 9.48 Å². The van der Waals surface area contributed by atoms with Crippen molar-refractivity contribution in [3.8, 4) is 5.88 Å². The zero-order valence-corrected chi connectivity index (χ0v) is 12.5. The first-order chi connectivity index (χ1) is 10.2. The average molecular weight is 291 g/mol. The molecule has 114 valence electrons. The van der Waals surface area contributed by atoms with Crippen molar-refractivity contribution < 1.29 is 14.3 Å². The summed E-state index contributed by atoms with van der Waals surface area (Å²) in [7, 11) is 0. The van der Waals surface area contributed by atoms with Gasteiger partial charge in [0.1, 0.15) is 11.3 Å². The van der Waals surface area contributed by atoms with Gasteiger partial charge in [0, 0.05) is 19.5 Å². The summed E-state index contributed by atoms with van der Waals surface area (Å²) in [5, 5.41) is 7.88. The smallest absolute Gasteiger partial charge is 0.345 e. The van der Waals surface area contributed by atoms with Crippen LogP contribution in [0.4, 0.5) is 0 Å². The summed E-state index contributed by atoms with van der Waals surface area (Å²) in [4.78, 5) is 12.3. The number of fused-ring (bicyclic) bond motifs is 1. The van der Waals surface area contributed by atoms with Crippen LogP contribution in [-0.2, 0) is 11.3 Å². The fraction of sp³-hybridized carbons (Fsp3) is 0.600. The van der Waals surface area contributed by atoms with Gasteiger partial charge in [0.2, 0.25) is 5.88 Å². The van der Waals surface area contributed by atoms with E-state index in [0.29, 0.717) is 18.1 Å². The molecule has 3 heterocycles. The van der Waals surface area contributed by atoms with Gasteiger partial charge >= 0.3 is 5.97 Å². The SMILES string of the molecule is CCOC(=O)c1c(C2=CCNCC2)nn2c1O[C@H](C)CC2. The standard InChI is InChI=1S/C15H21N3O3/c1-3-20-15(19)12-13(11-4-7-16-8-5-11)17-18-9-6-10(2)21-14(12)18/h4,10,16H,3,5-9H2,1-2H3/t10-/m1/s1. The van der Waals surface area contributed by atoms with Crippen molar-refractivity contribution in [2.24, 2.45) is 0 Å². The largest absolute Gasteiger partial charge is 0.474 e. The molecule has 0 amide bonds. The topological polar surface area (TPSA) is 65.4 Å². The van der Waals surface area contributed by atoms with Crippen LogP contribution in [0.25, 0.3) is 5.57 Å². The van der Waals surface area contributed by atoms with Crippen molar-refractivity contribution >= 4 is 11.5 Å². The second-order valence-corrected chi connectivity index (χ2v) is 5.37. The molecule has 1 aromatic heterocycles. The molecule has 0 aliphatic carbocycles. The molecular weight excluding hydrogens is 270 g/mol. The molecule has 0 unspecified atom stereocenters. The Labute approximate surface area is 124 Å². The number of hydrogen-bond donors (Lipinski definition) is 1. The van der Waals surface area contributed by atoms with E-state index in [2.05, 4.69) is 16.5 Å². The van der Waals surface area contributed by atoms with Gasteiger partial charge in [-0.2, -0.15) is 5.10 Å². The van der Waals surface area contributed by atoms with Crippen molar-refractivity contribution in [2.45, 2.75) is 39.3 Å². The Kier molecular flexibility index (Phi) is 3.96. The van der Waals surface area contributed by atoms with Crippen LogP contribution < -0.4 is 10.1 Å². The van der Waals surface area contributed by atoms with Crippen molar-refractivity contribution in [3.63, 3.8) is 0 Å². The minimum Gasteiger partial charge on any atom is -0.474 e. The summed E-state index contributed by atoms with van der Waals surface area (Å²) in [6.07, 6.45) is 3.94. The summed E-state index contributed by atoms with van der Waals surface area (Å²) in [5.41, 5.74) is 2.30. The average Bonchev–Trinajstić information content (AvgIpc) is 2.87. The fourth-order valence-electron chi connectivity index (χ4n) is 2.72. The minimum atomic E-state index is -0.345. The van der Waals surface area contributed by atoms with Gasteiger partial charge in [0.05, 0.1) is 12.7 Å². The molecule has 0 aromatic carbocycles. The summed E-state index contributed by atoms with van der Waals surface area (Å²) in [5.74, 6) is 0.212. The summed E-state index contributed by atoms with van der Waals surface area (Å²) in [6, 6.07) is 0. The Morgan fingerprint density at radius 3 is 3.19 bits per heavy atom. The second-order valence-electron chi connectivity index (χ2n) is 5.37. The summed E-state index contributed by atoms with van der Waals surface area (Å²) in [6.45, 7) is 6.63. The highest BCUT2D eigenvalue weighted by Gasteiger charge is 2.31. The molecule has 0 saturated heterocycles. The van der Waals surface area contributed by atoms with E-state index in [-0.39, 0.29) is 12.1 Å². The molecule has 3 rings (SSSR count). The van der Waals surface area contributed by atoms with Gasteiger partial charge in [-0.1, -0.05) is 6.08 Å². The lowest BCUT2D eigenvalue weighted by Crippen LogP contribution is -2.24. The molecule has 0 saturated carbocycles. The number of carbonyl (C=O) groups excluding carboxylic acids is 1. The number of nitrogens with one attached hydrogen (secondary N) is 1. The van der Waals surface area contributed by atoms with Crippen LogP contribution in [0.3, 0.4) is 0 Å². The van der Waals surface area contributed by atoms with Gasteiger partial charge in [-0.05, 0) is 32.4 Å². The molecule has 2 aliphatic heterocycles. The van der Waals surface area contributed by atoms with E-state index >= 15 is 0 Å². The molecule has 21 heavy (non-hydrogen) atoms.